The van der Waals surface area contributed by atoms with Crippen LogP contribution in [0.15, 0.2) is 36.4 Å². The van der Waals surface area contributed by atoms with Crippen molar-refractivity contribution in [3.05, 3.63) is 47.5 Å². The van der Waals surface area contributed by atoms with E-state index in [2.05, 4.69) is 10.6 Å². The van der Waals surface area contributed by atoms with Gasteiger partial charge in [-0.2, -0.15) is 0 Å². The topological polar surface area (TPSA) is 113 Å². The van der Waals surface area contributed by atoms with Gasteiger partial charge in [0, 0.05) is 12.0 Å². The van der Waals surface area contributed by atoms with Gasteiger partial charge in [-0.15, -0.1) is 0 Å². The first-order valence-electron chi connectivity index (χ1n) is 7.98. The monoisotopic (exact) mass is 344 g/mol. The maximum Gasteiger partial charge on any atom is 0.326 e. The summed E-state index contributed by atoms with van der Waals surface area (Å²) >= 11 is 0. The van der Waals surface area contributed by atoms with Gasteiger partial charge in [0.1, 0.15) is 6.04 Å². The number of rotatable bonds is 7. The fraction of sp³-hybridized carbons (Fsp3) is 0.333. The van der Waals surface area contributed by atoms with E-state index in [-0.39, 0.29) is 30.6 Å². The van der Waals surface area contributed by atoms with Crippen molar-refractivity contribution in [2.45, 2.75) is 32.2 Å². The first-order valence-corrected chi connectivity index (χ1v) is 7.98. The normalized spacial score (nSPS) is 18.2. The third-order valence-corrected chi connectivity index (χ3v) is 3.97. The van der Waals surface area contributed by atoms with Crippen molar-refractivity contribution in [1.82, 2.24) is 10.6 Å². The SMILES string of the molecule is C/C=C/CC(NC(=O)c1ccc(CC2CC(=O)NC2=O)cc1)C(=O)O. The molecule has 7 heteroatoms. The molecule has 0 aliphatic carbocycles. The lowest BCUT2D eigenvalue weighted by atomic mass is 9.97. The summed E-state index contributed by atoms with van der Waals surface area (Å²) < 4.78 is 0. The fourth-order valence-electron chi connectivity index (χ4n) is 2.58. The summed E-state index contributed by atoms with van der Waals surface area (Å²) in [5, 5.41) is 13.9. The number of hydrogen-bond acceptors (Lipinski definition) is 4. The van der Waals surface area contributed by atoms with Gasteiger partial charge in [0.2, 0.25) is 11.8 Å². The van der Waals surface area contributed by atoms with Crippen LogP contribution in [0.3, 0.4) is 0 Å². The highest BCUT2D eigenvalue weighted by Crippen LogP contribution is 2.17. The average Bonchev–Trinajstić information content (AvgIpc) is 2.89. The van der Waals surface area contributed by atoms with Crippen LogP contribution >= 0.6 is 0 Å². The Kier molecular flexibility index (Phi) is 6.05. The molecule has 0 bridgehead atoms. The van der Waals surface area contributed by atoms with Crippen molar-refractivity contribution in [2.75, 3.05) is 0 Å². The molecule has 1 heterocycles. The Morgan fingerprint density at radius 1 is 1.32 bits per heavy atom. The van der Waals surface area contributed by atoms with Gasteiger partial charge in [-0.25, -0.2) is 4.79 Å². The summed E-state index contributed by atoms with van der Waals surface area (Å²) in [6, 6.07) is 5.57. The molecule has 1 aliphatic rings. The molecule has 1 fully saturated rings. The number of carbonyl (C=O) groups excluding carboxylic acids is 3. The molecule has 1 aromatic carbocycles. The number of carboxylic acid groups (broad SMARTS) is 1. The number of carbonyl (C=O) groups is 4. The fourth-order valence-corrected chi connectivity index (χ4v) is 2.58. The molecule has 0 saturated carbocycles. The highest BCUT2D eigenvalue weighted by Gasteiger charge is 2.30. The lowest BCUT2D eigenvalue weighted by molar-refractivity contribution is -0.139. The van der Waals surface area contributed by atoms with Gasteiger partial charge in [-0.1, -0.05) is 24.3 Å². The van der Waals surface area contributed by atoms with E-state index in [1.807, 2.05) is 0 Å². The lowest BCUT2D eigenvalue weighted by Crippen LogP contribution is -2.40. The standard InChI is InChI=1S/C18H20N2O5/c1-2-3-4-14(18(24)25)19-16(22)12-7-5-11(6-8-12)9-13-10-15(21)20-17(13)23/h2-3,5-8,13-14H,4,9-10H2,1H3,(H,19,22)(H,24,25)(H,20,21,23)/b3-2+. The minimum absolute atomic E-state index is 0.173. The van der Waals surface area contributed by atoms with Crippen LogP contribution in [0.2, 0.25) is 0 Å². The van der Waals surface area contributed by atoms with Crippen molar-refractivity contribution < 1.29 is 24.3 Å². The molecule has 1 aliphatic heterocycles. The third-order valence-electron chi connectivity index (χ3n) is 3.97. The zero-order valence-corrected chi connectivity index (χ0v) is 13.8. The van der Waals surface area contributed by atoms with E-state index in [0.717, 1.165) is 5.56 Å². The average molecular weight is 344 g/mol. The number of aliphatic carboxylic acids is 1. The van der Waals surface area contributed by atoms with E-state index in [1.54, 1.807) is 43.3 Å². The molecule has 132 valence electrons. The summed E-state index contributed by atoms with van der Waals surface area (Å²) in [4.78, 5) is 46.1. The predicted octanol–water partition coefficient (Wildman–Crippen LogP) is 1.04. The highest BCUT2D eigenvalue weighted by molar-refractivity contribution is 6.03. The summed E-state index contributed by atoms with van der Waals surface area (Å²) in [7, 11) is 0. The molecular weight excluding hydrogens is 324 g/mol. The van der Waals surface area contributed by atoms with E-state index in [0.29, 0.717) is 12.0 Å². The van der Waals surface area contributed by atoms with Crippen LogP contribution in [0.4, 0.5) is 0 Å². The molecule has 0 spiro atoms. The second-order valence-electron chi connectivity index (χ2n) is 5.88. The Labute approximate surface area is 145 Å². The van der Waals surface area contributed by atoms with Gasteiger partial charge in [-0.05, 0) is 37.5 Å². The molecule has 7 nitrogen and oxygen atoms in total. The van der Waals surface area contributed by atoms with E-state index < -0.39 is 17.9 Å². The number of allylic oxidation sites excluding steroid dienone is 1. The van der Waals surface area contributed by atoms with Crippen LogP contribution in [0.5, 0.6) is 0 Å². The predicted molar refractivity (Wildman–Crippen MR) is 89.7 cm³/mol. The van der Waals surface area contributed by atoms with E-state index in [1.165, 1.54) is 0 Å². The van der Waals surface area contributed by atoms with Crippen molar-refractivity contribution >= 4 is 23.7 Å². The minimum atomic E-state index is -1.10. The molecule has 3 N–H and O–H groups in total. The molecule has 25 heavy (non-hydrogen) atoms. The largest absolute Gasteiger partial charge is 0.480 e. The van der Waals surface area contributed by atoms with Crippen LogP contribution in [-0.4, -0.2) is 34.8 Å². The van der Waals surface area contributed by atoms with E-state index in [9.17, 15) is 19.2 Å². The summed E-state index contributed by atoms with van der Waals surface area (Å²) in [6.07, 6.45) is 4.20. The van der Waals surface area contributed by atoms with Crippen LogP contribution in [-0.2, 0) is 20.8 Å². The molecule has 2 atom stereocenters. The van der Waals surface area contributed by atoms with Gasteiger partial charge in [0.25, 0.3) is 5.91 Å². The van der Waals surface area contributed by atoms with Crippen molar-refractivity contribution in [2.24, 2.45) is 5.92 Å². The molecule has 0 radical (unpaired) electrons. The quantitative estimate of drug-likeness (QED) is 0.505. The van der Waals surface area contributed by atoms with Gasteiger partial charge < -0.3 is 10.4 Å². The number of amides is 3. The second-order valence-corrected chi connectivity index (χ2v) is 5.88. The molecule has 3 amide bonds. The van der Waals surface area contributed by atoms with Gasteiger partial charge in [-0.3, -0.25) is 19.7 Å². The minimum Gasteiger partial charge on any atom is -0.480 e. The lowest BCUT2D eigenvalue weighted by Gasteiger charge is -2.13. The number of benzene rings is 1. The van der Waals surface area contributed by atoms with Gasteiger partial charge >= 0.3 is 5.97 Å². The smallest absolute Gasteiger partial charge is 0.326 e. The Morgan fingerprint density at radius 2 is 2.00 bits per heavy atom. The van der Waals surface area contributed by atoms with Crippen molar-refractivity contribution in [3.63, 3.8) is 0 Å². The number of carboxylic acids is 1. The van der Waals surface area contributed by atoms with E-state index >= 15 is 0 Å². The van der Waals surface area contributed by atoms with Gasteiger partial charge in [0.05, 0.1) is 5.92 Å². The zero-order chi connectivity index (χ0) is 18.4. The molecular formula is C18H20N2O5. The zero-order valence-electron chi connectivity index (χ0n) is 13.8. The van der Waals surface area contributed by atoms with Crippen LogP contribution in [0.1, 0.15) is 35.7 Å². The summed E-state index contributed by atoms with van der Waals surface area (Å²) in [5.74, 6) is -2.51. The summed E-state index contributed by atoms with van der Waals surface area (Å²) in [6.45, 7) is 1.78. The second kappa shape index (κ2) is 8.23. The van der Waals surface area contributed by atoms with Gasteiger partial charge in [0.15, 0.2) is 0 Å². The molecule has 1 saturated heterocycles. The number of hydrogen-bond donors (Lipinski definition) is 3. The van der Waals surface area contributed by atoms with Crippen LogP contribution in [0, 0.1) is 5.92 Å². The first-order chi connectivity index (χ1) is 11.9. The Morgan fingerprint density at radius 3 is 2.52 bits per heavy atom. The molecule has 1 aromatic rings. The Balaban J connectivity index is 1.98. The van der Waals surface area contributed by atoms with Crippen LogP contribution in [0.25, 0.3) is 0 Å². The molecule has 0 aromatic heterocycles. The number of nitrogens with one attached hydrogen (secondary N) is 2. The highest BCUT2D eigenvalue weighted by atomic mass is 16.4. The maximum absolute atomic E-state index is 12.2. The Bertz CT molecular complexity index is 709. The van der Waals surface area contributed by atoms with Crippen LogP contribution < -0.4 is 10.6 Å². The third kappa shape index (κ3) is 5.00. The molecule has 2 unspecified atom stereocenters. The van der Waals surface area contributed by atoms with Crippen molar-refractivity contribution in [3.8, 4) is 0 Å². The summed E-state index contributed by atoms with van der Waals surface area (Å²) in [5.41, 5.74) is 1.16. The maximum atomic E-state index is 12.2. The first kappa shape index (κ1) is 18.4. The van der Waals surface area contributed by atoms with E-state index in [4.69, 9.17) is 5.11 Å². The Hall–Kier alpha value is -2.96. The molecule has 2 rings (SSSR count). The number of imide groups is 1. The van der Waals surface area contributed by atoms with Crippen molar-refractivity contribution in [1.29, 1.82) is 0 Å².